The largest absolute Gasteiger partial charge is 0.741 e. The molecule has 0 bridgehead atoms. The number of hydrogen-bond acceptors (Lipinski definition) is 5. The van der Waals surface area contributed by atoms with E-state index in [9.17, 15) is 13.2 Å². The van der Waals surface area contributed by atoms with Crippen molar-refractivity contribution in [1.29, 1.82) is 0 Å². The fraction of sp³-hybridized carbons (Fsp3) is 0.929. The van der Waals surface area contributed by atoms with E-state index in [1.165, 1.54) is 0 Å². The van der Waals surface area contributed by atoms with E-state index in [1.54, 1.807) is 4.90 Å². The second-order valence-corrected chi connectivity index (χ2v) is 14.3. The van der Waals surface area contributed by atoms with Crippen LogP contribution in [0.5, 0.6) is 0 Å². The quantitative estimate of drug-likeness (QED) is 0.395. The zero-order chi connectivity index (χ0) is 20.5. The minimum Gasteiger partial charge on any atom is -0.741 e. The summed E-state index contributed by atoms with van der Waals surface area (Å²) < 4.78 is 65.0. The lowest BCUT2D eigenvalue weighted by Crippen LogP contribution is -2.48. The summed E-state index contributed by atoms with van der Waals surface area (Å²) in [4.78, 5) is 7.50. The molecule has 0 aliphatic carbocycles. The van der Waals surface area contributed by atoms with Crippen LogP contribution in [0.3, 0.4) is 0 Å². The Morgan fingerprint density at radius 2 is 1.68 bits per heavy atom. The summed E-state index contributed by atoms with van der Waals surface area (Å²) >= 11 is 0. The second kappa shape index (κ2) is 7.43. The van der Waals surface area contributed by atoms with E-state index in [0.29, 0.717) is 5.92 Å². The number of halogens is 3. The van der Waals surface area contributed by atoms with Crippen LogP contribution in [0.15, 0.2) is 0 Å². The first-order valence-corrected chi connectivity index (χ1v) is 12.0. The van der Waals surface area contributed by atoms with Gasteiger partial charge in [-0.05, 0) is 32.0 Å². The van der Waals surface area contributed by atoms with E-state index in [1.807, 2.05) is 6.21 Å². The molecule has 0 aromatic rings. The Balaban J connectivity index is 0.000000609. The fourth-order valence-electron chi connectivity index (χ4n) is 1.76. The van der Waals surface area contributed by atoms with Crippen molar-refractivity contribution in [3.05, 3.63) is 0 Å². The molecule has 1 aliphatic rings. The highest BCUT2D eigenvalue weighted by Gasteiger charge is 2.47. The SMILES string of the molecule is CC1C=[N+](O[Si](C)(C)C(C)(C)C)OC(C)(C)C1.O=S(=O)([O-])C(F)(F)F. The normalized spacial score (nSPS) is 21.4. The molecule has 0 aromatic heterocycles. The van der Waals surface area contributed by atoms with Gasteiger partial charge in [0.1, 0.15) is 0 Å². The van der Waals surface area contributed by atoms with Gasteiger partial charge in [-0.15, -0.1) is 0 Å². The van der Waals surface area contributed by atoms with Gasteiger partial charge in [0.2, 0.25) is 0 Å². The molecule has 0 aromatic carbocycles. The summed E-state index contributed by atoms with van der Waals surface area (Å²) in [6.45, 7) is 17.6. The summed E-state index contributed by atoms with van der Waals surface area (Å²) in [5.41, 5.74) is -5.79. The van der Waals surface area contributed by atoms with Gasteiger partial charge in [-0.3, -0.25) is 0 Å². The van der Waals surface area contributed by atoms with E-state index in [2.05, 4.69) is 54.6 Å². The van der Waals surface area contributed by atoms with Crippen molar-refractivity contribution in [2.75, 3.05) is 0 Å². The molecular weight excluding hydrogens is 379 g/mol. The fourth-order valence-corrected chi connectivity index (χ4v) is 2.58. The van der Waals surface area contributed by atoms with Crippen LogP contribution in [-0.4, -0.2) is 43.5 Å². The van der Waals surface area contributed by atoms with Crippen LogP contribution >= 0.6 is 0 Å². The maximum atomic E-state index is 10.7. The lowest BCUT2D eigenvalue weighted by atomic mass is 9.95. The molecule has 1 aliphatic heterocycles. The first-order valence-electron chi connectivity index (χ1n) is 7.73. The summed E-state index contributed by atoms with van der Waals surface area (Å²) in [6.07, 6.45) is 3.08. The third-order valence-corrected chi connectivity index (χ3v) is 8.75. The zero-order valence-corrected chi connectivity index (χ0v) is 17.7. The number of hydrogen-bond donors (Lipinski definition) is 0. The molecule has 25 heavy (non-hydrogen) atoms. The molecular formula is C14H28F3NO5SSi. The van der Waals surface area contributed by atoms with Gasteiger partial charge < -0.3 is 9.08 Å². The molecule has 1 heterocycles. The van der Waals surface area contributed by atoms with Crippen LogP contribution in [0.25, 0.3) is 0 Å². The van der Waals surface area contributed by atoms with Gasteiger partial charge in [0, 0.05) is 12.3 Å². The highest BCUT2D eigenvalue weighted by Crippen LogP contribution is 2.37. The van der Waals surface area contributed by atoms with Gasteiger partial charge in [0.25, 0.3) is 6.21 Å². The Morgan fingerprint density at radius 3 is 1.96 bits per heavy atom. The Labute approximate surface area is 148 Å². The van der Waals surface area contributed by atoms with Crippen molar-refractivity contribution in [2.24, 2.45) is 5.92 Å². The lowest BCUT2D eigenvalue weighted by Gasteiger charge is -2.33. The molecule has 1 unspecified atom stereocenters. The van der Waals surface area contributed by atoms with Crippen LogP contribution in [-0.2, 0) is 19.5 Å². The van der Waals surface area contributed by atoms with Crippen LogP contribution < -0.4 is 0 Å². The maximum Gasteiger partial charge on any atom is 0.485 e. The van der Waals surface area contributed by atoms with Gasteiger partial charge >= 0.3 is 13.8 Å². The highest BCUT2D eigenvalue weighted by atomic mass is 32.2. The topological polar surface area (TPSA) is 78.7 Å². The van der Waals surface area contributed by atoms with E-state index >= 15 is 0 Å². The van der Waals surface area contributed by atoms with E-state index in [-0.39, 0.29) is 10.6 Å². The Morgan fingerprint density at radius 1 is 1.28 bits per heavy atom. The van der Waals surface area contributed by atoms with Gasteiger partial charge in [0.15, 0.2) is 20.6 Å². The predicted molar refractivity (Wildman–Crippen MR) is 89.3 cm³/mol. The number of nitrogens with zero attached hydrogens (tertiary/aromatic N) is 1. The van der Waals surface area contributed by atoms with Crippen LogP contribution in [0, 0.1) is 5.92 Å². The zero-order valence-electron chi connectivity index (χ0n) is 15.9. The molecule has 0 saturated carbocycles. The Hall–Kier alpha value is -0.813. The first kappa shape index (κ1) is 24.2. The smallest absolute Gasteiger partial charge is 0.485 e. The molecule has 6 nitrogen and oxygen atoms in total. The Bertz CT molecular complexity index is 595. The standard InChI is InChI=1S/C13H28NO2Si.CHF3O3S/c1-11-9-13(5,6)15-14(10-11)16-17(7,8)12(2,3)4;2-1(3,4)8(5,6)7/h10-11H,9H2,1-8H3;(H,5,6,7)/q+1;/p-1. The van der Waals surface area contributed by atoms with Gasteiger partial charge in [-0.2, -0.15) is 13.2 Å². The molecule has 0 radical (unpaired) electrons. The first-order chi connectivity index (χ1) is 10.7. The van der Waals surface area contributed by atoms with Gasteiger partial charge in [-0.1, -0.05) is 27.7 Å². The van der Waals surface area contributed by atoms with Crippen molar-refractivity contribution < 1.29 is 40.4 Å². The molecule has 150 valence electrons. The maximum absolute atomic E-state index is 10.7. The monoisotopic (exact) mass is 407 g/mol. The van der Waals surface area contributed by atoms with Crippen LogP contribution in [0.2, 0.25) is 18.1 Å². The van der Waals surface area contributed by atoms with E-state index < -0.39 is 23.9 Å². The molecule has 0 N–H and O–H groups in total. The lowest BCUT2D eigenvalue weighted by molar-refractivity contribution is -0.960. The molecule has 0 spiro atoms. The molecule has 11 heteroatoms. The summed E-state index contributed by atoms with van der Waals surface area (Å²) in [6, 6.07) is 0. The van der Waals surface area contributed by atoms with Crippen LogP contribution in [0.1, 0.15) is 48.0 Å². The average molecular weight is 408 g/mol. The molecule has 0 amide bonds. The predicted octanol–water partition coefficient (Wildman–Crippen LogP) is 3.81. The minimum absolute atomic E-state index is 0.142. The van der Waals surface area contributed by atoms with Crippen molar-refractivity contribution in [2.45, 2.75) is 77.2 Å². The summed E-state index contributed by atoms with van der Waals surface area (Å²) in [5.74, 6) is 0.489. The number of alkyl halides is 3. The second-order valence-electron chi connectivity index (χ2n) is 8.22. The summed E-state index contributed by atoms with van der Waals surface area (Å²) in [5, 5.41) is 0.190. The highest BCUT2D eigenvalue weighted by molar-refractivity contribution is 7.86. The van der Waals surface area contributed by atoms with Crippen molar-refractivity contribution in [3.8, 4) is 0 Å². The third-order valence-electron chi connectivity index (χ3n) is 3.93. The third kappa shape index (κ3) is 7.95. The van der Waals surface area contributed by atoms with E-state index in [0.717, 1.165) is 6.42 Å². The molecule has 0 fully saturated rings. The Kier molecular flexibility index (Phi) is 7.19. The average Bonchev–Trinajstić information content (AvgIpc) is 2.20. The van der Waals surface area contributed by atoms with Crippen molar-refractivity contribution in [1.82, 2.24) is 0 Å². The van der Waals surface area contributed by atoms with Gasteiger partial charge in [-0.25, -0.2) is 13.3 Å². The van der Waals surface area contributed by atoms with Crippen molar-refractivity contribution in [3.63, 3.8) is 0 Å². The van der Waals surface area contributed by atoms with E-state index in [4.69, 9.17) is 22.3 Å². The number of rotatable bonds is 2. The molecule has 1 atom stereocenters. The minimum atomic E-state index is -6.09. The summed E-state index contributed by atoms with van der Waals surface area (Å²) in [7, 11) is -7.91. The van der Waals surface area contributed by atoms with Crippen LogP contribution in [0.4, 0.5) is 13.2 Å². The molecule has 1 rings (SSSR count). The van der Waals surface area contributed by atoms with Crippen molar-refractivity contribution >= 4 is 24.7 Å². The molecule has 0 saturated heterocycles. The van der Waals surface area contributed by atoms with Gasteiger partial charge in [0.05, 0.1) is 0 Å².